The molecule has 2 heteroatoms. The van der Waals surface area contributed by atoms with Crippen molar-refractivity contribution in [2.75, 3.05) is 19.6 Å². The van der Waals surface area contributed by atoms with Crippen molar-refractivity contribution in [1.82, 2.24) is 4.90 Å². The first kappa shape index (κ1) is 30.7. The van der Waals surface area contributed by atoms with Gasteiger partial charge in [-0.15, -0.1) is 0 Å². The molecule has 0 spiro atoms. The molecule has 2 aromatic rings. The second-order valence-corrected chi connectivity index (χ2v) is 10.1. The molecule has 0 saturated carbocycles. The van der Waals surface area contributed by atoms with Crippen LogP contribution < -0.4 is 0 Å². The van der Waals surface area contributed by atoms with Crippen LogP contribution in [0.15, 0.2) is 42.5 Å². The van der Waals surface area contributed by atoms with Gasteiger partial charge in [0, 0.05) is 0 Å². The smallest absolute Gasteiger partial charge is 0.00190 e. The SMILES string of the molecule is CCN(CC)CCCCCCCCCCCCCCCCCCc1cccc2ccccc12.O. The molecule has 0 amide bonds. The molecule has 2 aromatic carbocycles. The Labute approximate surface area is 211 Å². The third-order valence-corrected chi connectivity index (χ3v) is 7.44. The van der Waals surface area contributed by atoms with Crippen molar-refractivity contribution >= 4 is 10.8 Å². The van der Waals surface area contributed by atoms with Crippen molar-refractivity contribution in [3.63, 3.8) is 0 Å². The van der Waals surface area contributed by atoms with Crippen LogP contribution in [-0.2, 0) is 6.42 Å². The molecule has 0 bridgehead atoms. The number of nitrogens with zero attached hydrogens (tertiary/aromatic N) is 1. The normalized spacial score (nSPS) is 11.3. The Morgan fingerprint density at radius 1 is 0.500 bits per heavy atom. The fourth-order valence-corrected chi connectivity index (χ4v) is 5.18. The fourth-order valence-electron chi connectivity index (χ4n) is 5.18. The Morgan fingerprint density at radius 2 is 0.941 bits per heavy atom. The molecule has 0 unspecified atom stereocenters. The largest absolute Gasteiger partial charge is 0.412 e. The maximum atomic E-state index is 2.55. The van der Waals surface area contributed by atoms with Crippen molar-refractivity contribution in [2.24, 2.45) is 0 Å². The number of unbranched alkanes of at least 4 members (excludes halogenated alkanes) is 15. The van der Waals surface area contributed by atoms with Gasteiger partial charge >= 0.3 is 0 Å². The molecule has 0 saturated heterocycles. The van der Waals surface area contributed by atoms with Crippen LogP contribution in [0.3, 0.4) is 0 Å². The molecular weight excluding hydrogens is 414 g/mol. The van der Waals surface area contributed by atoms with Gasteiger partial charge in [-0.25, -0.2) is 0 Å². The Hall–Kier alpha value is -1.38. The van der Waals surface area contributed by atoms with E-state index in [-0.39, 0.29) is 5.48 Å². The summed E-state index contributed by atoms with van der Waals surface area (Å²) in [6.07, 6.45) is 24.2. The molecule has 2 rings (SSSR count). The van der Waals surface area contributed by atoms with Crippen LogP contribution in [0.1, 0.15) is 122 Å². The second kappa shape index (κ2) is 20.9. The molecular formula is C32H55NO. The minimum atomic E-state index is 0. The summed E-state index contributed by atoms with van der Waals surface area (Å²) in [7, 11) is 0. The zero-order chi connectivity index (χ0) is 23.4. The predicted molar refractivity (Wildman–Crippen MR) is 153 cm³/mol. The van der Waals surface area contributed by atoms with Gasteiger partial charge in [0.15, 0.2) is 0 Å². The summed E-state index contributed by atoms with van der Waals surface area (Å²) >= 11 is 0. The Kier molecular flexibility index (Phi) is 18.9. The molecule has 0 aromatic heterocycles. The van der Waals surface area contributed by atoms with Gasteiger partial charge in [0.1, 0.15) is 0 Å². The van der Waals surface area contributed by atoms with E-state index in [0.717, 1.165) is 0 Å². The summed E-state index contributed by atoms with van der Waals surface area (Å²) < 4.78 is 0. The van der Waals surface area contributed by atoms with Gasteiger partial charge in [0.05, 0.1) is 0 Å². The van der Waals surface area contributed by atoms with E-state index < -0.39 is 0 Å². The summed E-state index contributed by atoms with van der Waals surface area (Å²) in [6, 6.07) is 15.6. The van der Waals surface area contributed by atoms with E-state index in [0.29, 0.717) is 0 Å². The molecule has 2 N–H and O–H groups in total. The Bertz CT molecular complexity index is 704. The van der Waals surface area contributed by atoms with Crippen LogP contribution in [-0.4, -0.2) is 30.0 Å². The molecule has 0 aliphatic rings. The number of aryl methyl sites for hydroxylation is 1. The standard InChI is InChI=1S/C32H53N.H2O/c1-3-33(4-2)29-22-18-16-14-12-10-8-6-5-7-9-11-13-15-17-19-24-30-26-23-27-31-25-20-21-28-32(30)31;/h20-21,23,25-28H,3-19,22,24,29H2,1-2H3;1H2. The minimum absolute atomic E-state index is 0. The van der Waals surface area contributed by atoms with E-state index in [4.69, 9.17) is 0 Å². The van der Waals surface area contributed by atoms with E-state index in [1.165, 1.54) is 145 Å². The lowest BCUT2D eigenvalue weighted by Gasteiger charge is -2.17. The number of hydrogen-bond acceptors (Lipinski definition) is 1. The van der Waals surface area contributed by atoms with Gasteiger partial charge in [-0.2, -0.15) is 0 Å². The maximum absolute atomic E-state index is 2.55. The van der Waals surface area contributed by atoms with Crippen LogP contribution in [0.4, 0.5) is 0 Å². The highest BCUT2D eigenvalue weighted by atomic mass is 16.0. The monoisotopic (exact) mass is 469 g/mol. The summed E-state index contributed by atoms with van der Waals surface area (Å²) in [5, 5.41) is 2.84. The summed E-state index contributed by atoms with van der Waals surface area (Å²) in [6.45, 7) is 8.28. The lowest BCUT2D eigenvalue weighted by Crippen LogP contribution is -2.23. The van der Waals surface area contributed by atoms with Crippen LogP contribution in [0, 0.1) is 0 Å². The average Bonchev–Trinajstić information content (AvgIpc) is 2.85. The topological polar surface area (TPSA) is 34.7 Å². The van der Waals surface area contributed by atoms with Gasteiger partial charge in [0.2, 0.25) is 0 Å². The highest BCUT2D eigenvalue weighted by molar-refractivity contribution is 5.85. The van der Waals surface area contributed by atoms with E-state index in [1.807, 2.05) is 0 Å². The molecule has 34 heavy (non-hydrogen) atoms. The third kappa shape index (κ3) is 13.5. The highest BCUT2D eigenvalue weighted by Gasteiger charge is 2.01. The highest BCUT2D eigenvalue weighted by Crippen LogP contribution is 2.21. The Balaban J connectivity index is 0.00000578. The molecule has 0 heterocycles. The van der Waals surface area contributed by atoms with E-state index in [1.54, 1.807) is 0 Å². The van der Waals surface area contributed by atoms with Crippen molar-refractivity contribution in [3.8, 4) is 0 Å². The van der Waals surface area contributed by atoms with Crippen LogP contribution in [0.2, 0.25) is 0 Å². The van der Waals surface area contributed by atoms with E-state index >= 15 is 0 Å². The van der Waals surface area contributed by atoms with Crippen molar-refractivity contribution in [2.45, 2.75) is 123 Å². The summed E-state index contributed by atoms with van der Waals surface area (Å²) in [4.78, 5) is 2.55. The lowest BCUT2D eigenvalue weighted by atomic mass is 9.99. The summed E-state index contributed by atoms with van der Waals surface area (Å²) in [5.41, 5.74) is 1.53. The second-order valence-electron chi connectivity index (χ2n) is 10.1. The molecule has 0 radical (unpaired) electrons. The van der Waals surface area contributed by atoms with Gasteiger partial charge < -0.3 is 10.4 Å². The molecule has 194 valence electrons. The van der Waals surface area contributed by atoms with E-state index in [2.05, 4.69) is 61.2 Å². The number of rotatable bonds is 21. The first-order valence-electron chi connectivity index (χ1n) is 14.5. The molecule has 0 fully saturated rings. The average molecular weight is 470 g/mol. The molecule has 0 atom stereocenters. The van der Waals surface area contributed by atoms with Crippen molar-refractivity contribution < 1.29 is 5.48 Å². The van der Waals surface area contributed by atoms with Crippen LogP contribution >= 0.6 is 0 Å². The lowest BCUT2D eigenvalue weighted by molar-refractivity contribution is 0.295. The summed E-state index contributed by atoms with van der Waals surface area (Å²) in [5.74, 6) is 0. The number of hydrogen-bond donors (Lipinski definition) is 0. The first-order valence-corrected chi connectivity index (χ1v) is 14.5. The Morgan fingerprint density at radius 3 is 1.47 bits per heavy atom. The molecule has 2 nitrogen and oxygen atoms in total. The van der Waals surface area contributed by atoms with Crippen LogP contribution in [0.5, 0.6) is 0 Å². The zero-order valence-corrected chi connectivity index (χ0v) is 22.6. The first-order chi connectivity index (χ1) is 16.3. The molecule has 0 aliphatic carbocycles. The predicted octanol–water partition coefficient (Wildman–Crippen LogP) is 9.14. The van der Waals surface area contributed by atoms with Gasteiger partial charge in [-0.3, -0.25) is 0 Å². The fraction of sp³-hybridized carbons (Fsp3) is 0.688. The molecule has 0 aliphatic heterocycles. The van der Waals surface area contributed by atoms with E-state index in [9.17, 15) is 0 Å². The van der Waals surface area contributed by atoms with Crippen LogP contribution in [0.25, 0.3) is 10.8 Å². The van der Waals surface area contributed by atoms with Gasteiger partial charge in [-0.1, -0.05) is 146 Å². The van der Waals surface area contributed by atoms with Gasteiger partial charge in [0.25, 0.3) is 0 Å². The zero-order valence-electron chi connectivity index (χ0n) is 22.6. The minimum Gasteiger partial charge on any atom is -0.412 e. The maximum Gasteiger partial charge on any atom is -0.00190 e. The number of benzene rings is 2. The third-order valence-electron chi connectivity index (χ3n) is 7.44. The number of fused-ring (bicyclic) bond motifs is 1. The quantitative estimate of drug-likeness (QED) is 0.168. The van der Waals surface area contributed by atoms with Crippen molar-refractivity contribution in [3.05, 3.63) is 48.0 Å². The van der Waals surface area contributed by atoms with Gasteiger partial charge in [-0.05, 0) is 55.2 Å². The van der Waals surface area contributed by atoms with Crippen molar-refractivity contribution in [1.29, 1.82) is 0 Å².